The molecule has 3 N–H and O–H groups in total. The van der Waals surface area contributed by atoms with Gasteiger partial charge in [-0.05, 0) is 17.7 Å². The number of ether oxygens (including phenoxy) is 2. The van der Waals surface area contributed by atoms with Gasteiger partial charge >= 0.3 is 0 Å². The van der Waals surface area contributed by atoms with Gasteiger partial charge in [0.05, 0.1) is 24.9 Å². The number of hydrogen-bond donors (Lipinski definition) is 2. The van der Waals surface area contributed by atoms with Gasteiger partial charge in [-0.2, -0.15) is 0 Å². The zero-order valence-electron chi connectivity index (χ0n) is 11.1. The fraction of sp³-hybridized carbons (Fsp3) is 0.429. The Kier molecular flexibility index (Phi) is 3.86. The molecular formula is C14H18FN3O2. The fourth-order valence-electron chi connectivity index (χ4n) is 2.39. The highest BCUT2D eigenvalue weighted by atomic mass is 19.1. The number of benzene rings is 1. The molecule has 2 aliphatic rings. The Morgan fingerprint density at radius 1 is 1.45 bits per heavy atom. The van der Waals surface area contributed by atoms with Crippen molar-refractivity contribution in [2.45, 2.75) is 6.10 Å². The van der Waals surface area contributed by atoms with E-state index in [0.717, 1.165) is 12.1 Å². The molecule has 0 amide bonds. The number of morpholine rings is 1. The number of nitrogens with two attached hydrogens (primary N) is 1. The minimum absolute atomic E-state index is 0.0859. The maximum absolute atomic E-state index is 14.3. The standard InChI is InChI=1S/C14H18FN3O2/c15-12-5-10(14-7-17-3-4-19-14)1-2-13(12)18-8-11(6-16)20-9-18/h1-2,5,8,14,17H,3-4,6-7,9,16H2/t14-/m1/s1. The van der Waals surface area contributed by atoms with Crippen molar-refractivity contribution >= 4 is 5.69 Å². The molecule has 0 bridgehead atoms. The fourth-order valence-corrected chi connectivity index (χ4v) is 2.39. The van der Waals surface area contributed by atoms with E-state index in [1.54, 1.807) is 17.2 Å². The smallest absolute Gasteiger partial charge is 0.165 e. The molecule has 2 aliphatic heterocycles. The van der Waals surface area contributed by atoms with Crippen molar-refractivity contribution in [3.63, 3.8) is 0 Å². The van der Waals surface area contributed by atoms with E-state index in [4.69, 9.17) is 15.2 Å². The lowest BCUT2D eigenvalue weighted by Gasteiger charge is -2.24. The third kappa shape index (κ3) is 2.63. The Bertz CT molecular complexity index is 515. The first-order valence-corrected chi connectivity index (χ1v) is 6.70. The first-order chi connectivity index (χ1) is 9.78. The molecule has 6 heteroatoms. The molecule has 1 aromatic rings. The van der Waals surface area contributed by atoms with E-state index < -0.39 is 0 Å². The quantitative estimate of drug-likeness (QED) is 0.867. The lowest BCUT2D eigenvalue weighted by molar-refractivity contribution is 0.0275. The highest BCUT2D eigenvalue weighted by Crippen LogP contribution is 2.28. The molecule has 2 heterocycles. The molecule has 1 saturated heterocycles. The van der Waals surface area contributed by atoms with E-state index in [0.29, 0.717) is 37.9 Å². The molecule has 108 valence electrons. The largest absolute Gasteiger partial charge is 0.474 e. The summed E-state index contributed by atoms with van der Waals surface area (Å²) in [6.07, 6.45) is 1.65. The predicted octanol–water partition coefficient (Wildman–Crippen LogP) is 1.08. The highest BCUT2D eigenvalue weighted by Gasteiger charge is 2.20. The van der Waals surface area contributed by atoms with Gasteiger partial charge in [-0.3, -0.25) is 0 Å². The maximum Gasteiger partial charge on any atom is 0.165 e. The van der Waals surface area contributed by atoms with E-state index in [2.05, 4.69) is 5.32 Å². The predicted molar refractivity (Wildman–Crippen MR) is 73.5 cm³/mol. The van der Waals surface area contributed by atoms with Gasteiger partial charge in [-0.1, -0.05) is 6.07 Å². The second-order valence-corrected chi connectivity index (χ2v) is 4.82. The number of halogens is 1. The molecule has 0 spiro atoms. The highest BCUT2D eigenvalue weighted by molar-refractivity contribution is 5.53. The molecule has 0 radical (unpaired) electrons. The molecule has 1 aromatic carbocycles. The van der Waals surface area contributed by atoms with Crippen LogP contribution in [0.4, 0.5) is 10.1 Å². The van der Waals surface area contributed by atoms with Gasteiger partial charge in [-0.15, -0.1) is 0 Å². The van der Waals surface area contributed by atoms with Crippen molar-refractivity contribution in [3.05, 3.63) is 41.5 Å². The van der Waals surface area contributed by atoms with Gasteiger partial charge in [-0.25, -0.2) is 4.39 Å². The van der Waals surface area contributed by atoms with Crippen LogP contribution in [0.25, 0.3) is 0 Å². The second-order valence-electron chi connectivity index (χ2n) is 4.82. The van der Waals surface area contributed by atoms with Crippen LogP contribution in [0.3, 0.4) is 0 Å². The number of hydrogen-bond acceptors (Lipinski definition) is 5. The monoisotopic (exact) mass is 279 g/mol. The van der Waals surface area contributed by atoms with Gasteiger partial charge in [0.1, 0.15) is 11.6 Å². The molecule has 1 fully saturated rings. The minimum atomic E-state index is -0.283. The summed E-state index contributed by atoms with van der Waals surface area (Å²) in [6, 6.07) is 5.17. The van der Waals surface area contributed by atoms with Gasteiger partial charge in [0.25, 0.3) is 0 Å². The van der Waals surface area contributed by atoms with Crippen LogP contribution in [0.1, 0.15) is 11.7 Å². The third-order valence-corrected chi connectivity index (χ3v) is 3.47. The summed E-state index contributed by atoms with van der Waals surface area (Å²) in [5.41, 5.74) is 6.83. The molecule has 5 nitrogen and oxygen atoms in total. The summed E-state index contributed by atoms with van der Waals surface area (Å²) in [7, 11) is 0. The van der Waals surface area contributed by atoms with Crippen molar-refractivity contribution in [1.82, 2.24) is 5.32 Å². The topological polar surface area (TPSA) is 59.8 Å². The van der Waals surface area contributed by atoms with E-state index >= 15 is 0 Å². The number of nitrogens with one attached hydrogen (secondary N) is 1. The summed E-state index contributed by atoms with van der Waals surface area (Å²) in [6.45, 7) is 2.82. The second kappa shape index (κ2) is 5.78. The van der Waals surface area contributed by atoms with E-state index in [1.807, 2.05) is 6.07 Å². The van der Waals surface area contributed by atoms with Crippen LogP contribution in [0, 0.1) is 5.82 Å². The Morgan fingerprint density at radius 2 is 2.35 bits per heavy atom. The molecular weight excluding hydrogens is 261 g/mol. The number of nitrogens with zero attached hydrogens (tertiary/aromatic N) is 1. The lowest BCUT2D eigenvalue weighted by atomic mass is 10.1. The molecule has 0 saturated carbocycles. The van der Waals surface area contributed by atoms with Crippen molar-refractivity contribution in [2.75, 3.05) is 37.9 Å². The van der Waals surface area contributed by atoms with Gasteiger partial charge in [0.2, 0.25) is 0 Å². The summed E-state index contributed by atoms with van der Waals surface area (Å²) in [5, 5.41) is 3.23. The molecule has 0 unspecified atom stereocenters. The summed E-state index contributed by atoms with van der Waals surface area (Å²) in [5.74, 6) is 0.378. The zero-order chi connectivity index (χ0) is 13.9. The summed E-state index contributed by atoms with van der Waals surface area (Å²) in [4.78, 5) is 1.71. The Morgan fingerprint density at radius 3 is 3.00 bits per heavy atom. The Hall–Kier alpha value is -1.63. The zero-order valence-corrected chi connectivity index (χ0v) is 11.1. The lowest BCUT2D eigenvalue weighted by Crippen LogP contribution is -2.33. The van der Waals surface area contributed by atoms with Crippen LogP contribution in [0.5, 0.6) is 0 Å². The Balaban J connectivity index is 1.79. The normalized spacial score (nSPS) is 22.6. The van der Waals surface area contributed by atoms with Gasteiger partial charge in [0.15, 0.2) is 6.73 Å². The number of anilines is 1. The van der Waals surface area contributed by atoms with Crippen molar-refractivity contribution in [1.29, 1.82) is 0 Å². The molecule has 3 rings (SSSR count). The summed E-state index contributed by atoms with van der Waals surface area (Å²) >= 11 is 0. The Labute approximate surface area is 117 Å². The maximum atomic E-state index is 14.3. The van der Waals surface area contributed by atoms with Gasteiger partial charge in [0, 0.05) is 19.3 Å². The molecule has 0 aromatic heterocycles. The van der Waals surface area contributed by atoms with Crippen LogP contribution >= 0.6 is 0 Å². The molecule has 1 atom stereocenters. The van der Waals surface area contributed by atoms with Gasteiger partial charge < -0.3 is 25.4 Å². The average molecular weight is 279 g/mol. The minimum Gasteiger partial charge on any atom is -0.474 e. The SMILES string of the molecule is NCC1=CN(c2ccc([C@H]3CNCCO3)cc2F)CO1. The van der Waals surface area contributed by atoms with E-state index in [1.165, 1.54) is 6.07 Å². The average Bonchev–Trinajstić information content (AvgIpc) is 2.97. The van der Waals surface area contributed by atoms with E-state index in [9.17, 15) is 4.39 Å². The van der Waals surface area contributed by atoms with Crippen molar-refractivity contribution < 1.29 is 13.9 Å². The van der Waals surface area contributed by atoms with E-state index in [-0.39, 0.29) is 11.9 Å². The molecule has 0 aliphatic carbocycles. The van der Waals surface area contributed by atoms with Crippen molar-refractivity contribution in [2.24, 2.45) is 5.73 Å². The van der Waals surface area contributed by atoms with Crippen LogP contribution in [-0.4, -0.2) is 33.0 Å². The van der Waals surface area contributed by atoms with Crippen LogP contribution in [-0.2, 0) is 9.47 Å². The van der Waals surface area contributed by atoms with Crippen LogP contribution in [0.2, 0.25) is 0 Å². The van der Waals surface area contributed by atoms with Crippen molar-refractivity contribution in [3.8, 4) is 0 Å². The van der Waals surface area contributed by atoms with Crippen LogP contribution < -0.4 is 16.0 Å². The third-order valence-electron chi connectivity index (χ3n) is 3.47. The first-order valence-electron chi connectivity index (χ1n) is 6.70. The first kappa shape index (κ1) is 13.4. The molecule has 20 heavy (non-hydrogen) atoms. The summed E-state index contributed by atoms with van der Waals surface area (Å²) < 4.78 is 25.2. The van der Waals surface area contributed by atoms with Crippen LogP contribution in [0.15, 0.2) is 30.2 Å². The number of rotatable bonds is 3.